The summed E-state index contributed by atoms with van der Waals surface area (Å²) < 4.78 is 5.75. The molecule has 96 valence electrons. The molecule has 0 unspecified atom stereocenters. The summed E-state index contributed by atoms with van der Waals surface area (Å²) >= 11 is 7.59. The van der Waals surface area contributed by atoms with Gasteiger partial charge in [0.25, 0.3) is 0 Å². The van der Waals surface area contributed by atoms with Gasteiger partial charge in [0.2, 0.25) is 0 Å². The van der Waals surface area contributed by atoms with Crippen molar-refractivity contribution >= 4 is 22.9 Å². The predicted molar refractivity (Wildman–Crippen MR) is 75.4 cm³/mol. The van der Waals surface area contributed by atoms with Crippen LogP contribution in [0.15, 0.2) is 35.7 Å². The Bertz CT molecular complexity index is 510. The summed E-state index contributed by atoms with van der Waals surface area (Å²) in [5, 5.41) is 12.6. The fraction of sp³-hybridized carbons (Fsp3) is 0.286. The molecule has 0 aliphatic heterocycles. The molecule has 18 heavy (non-hydrogen) atoms. The second kappa shape index (κ2) is 6.23. The highest BCUT2D eigenvalue weighted by Gasteiger charge is 2.11. The van der Waals surface area contributed by atoms with Crippen molar-refractivity contribution in [3.63, 3.8) is 0 Å². The number of aliphatic hydroxyl groups is 1. The number of halogens is 1. The normalized spacial score (nSPS) is 12.4. The van der Waals surface area contributed by atoms with E-state index in [2.05, 4.69) is 0 Å². The quantitative estimate of drug-likeness (QED) is 0.879. The van der Waals surface area contributed by atoms with Crippen molar-refractivity contribution in [2.24, 2.45) is 0 Å². The summed E-state index contributed by atoms with van der Waals surface area (Å²) in [6.07, 6.45) is 0.181. The van der Waals surface area contributed by atoms with Crippen molar-refractivity contribution in [3.8, 4) is 5.75 Å². The van der Waals surface area contributed by atoms with Crippen molar-refractivity contribution in [2.75, 3.05) is 0 Å². The third kappa shape index (κ3) is 3.05. The number of hydrogen-bond donors (Lipinski definition) is 1. The maximum absolute atomic E-state index is 9.92. The third-order valence-electron chi connectivity index (χ3n) is 2.71. The van der Waals surface area contributed by atoms with E-state index in [4.69, 9.17) is 16.3 Å². The molecule has 1 aromatic heterocycles. The lowest BCUT2D eigenvalue weighted by Gasteiger charge is -2.14. The topological polar surface area (TPSA) is 29.5 Å². The Morgan fingerprint density at radius 2 is 2.11 bits per heavy atom. The summed E-state index contributed by atoms with van der Waals surface area (Å²) in [5.74, 6) is 0.719. The molecule has 2 nitrogen and oxygen atoms in total. The van der Waals surface area contributed by atoms with Gasteiger partial charge < -0.3 is 9.84 Å². The Hall–Kier alpha value is -1.03. The summed E-state index contributed by atoms with van der Waals surface area (Å²) in [7, 11) is 0. The first-order valence-corrected chi connectivity index (χ1v) is 7.09. The number of rotatable bonds is 5. The van der Waals surface area contributed by atoms with Crippen molar-refractivity contribution in [1.29, 1.82) is 0 Å². The van der Waals surface area contributed by atoms with Gasteiger partial charge in [-0.1, -0.05) is 36.7 Å². The fourth-order valence-electron chi connectivity index (χ4n) is 1.68. The standard InChI is InChI=1S/C14H15ClO2S/c1-2-12(16)10-5-3-4-6-13(10)17-9-14-11(15)7-8-18-14/h3-8,12,16H,2,9H2,1H3/t12-/m0/s1. The molecule has 0 aliphatic rings. The Morgan fingerprint density at radius 3 is 2.78 bits per heavy atom. The number of ether oxygens (including phenoxy) is 1. The van der Waals surface area contributed by atoms with Crippen molar-refractivity contribution in [2.45, 2.75) is 26.1 Å². The smallest absolute Gasteiger partial charge is 0.125 e. The molecule has 0 amide bonds. The van der Waals surface area contributed by atoms with Gasteiger partial charge in [0.05, 0.1) is 16.0 Å². The maximum atomic E-state index is 9.92. The van der Waals surface area contributed by atoms with Crippen LogP contribution in [0.2, 0.25) is 5.02 Å². The molecule has 2 aromatic rings. The predicted octanol–water partition coefficient (Wildman–Crippen LogP) is 4.42. The molecule has 0 radical (unpaired) electrons. The first kappa shape index (κ1) is 13.4. The summed E-state index contributed by atoms with van der Waals surface area (Å²) in [6.45, 7) is 2.38. The average Bonchev–Trinajstić information content (AvgIpc) is 2.81. The Kier molecular flexibility index (Phi) is 4.64. The SMILES string of the molecule is CC[C@H](O)c1ccccc1OCc1sccc1Cl. The van der Waals surface area contributed by atoms with Gasteiger partial charge in [0.15, 0.2) is 0 Å². The Morgan fingerprint density at radius 1 is 1.33 bits per heavy atom. The molecule has 0 aliphatic carbocycles. The van der Waals surface area contributed by atoms with Crippen LogP contribution in [-0.2, 0) is 6.61 Å². The van der Waals surface area contributed by atoms with Gasteiger partial charge in [-0.15, -0.1) is 11.3 Å². The summed E-state index contributed by atoms with van der Waals surface area (Å²) in [4.78, 5) is 0.998. The zero-order chi connectivity index (χ0) is 13.0. The average molecular weight is 283 g/mol. The maximum Gasteiger partial charge on any atom is 0.125 e. The molecule has 0 fully saturated rings. The monoisotopic (exact) mass is 282 g/mol. The number of aliphatic hydroxyl groups excluding tert-OH is 1. The zero-order valence-electron chi connectivity index (χ0n) is 10.1. The number of benzene rings is 1. The molecule has 0 spiro atoms. The minimum absolute atomic E-state index is 0.434. The van der Waals surface area contributed by atoms with Crippen LogP contribution in [-0.4, -0.2) is 5.11 Å². The van der Waals surface area contributed by atoms with E-state index in [-0.39, 0.29) is 0 Å². The van der Waals surface area contributed by atoms with E-state index < -0.39 is 6.10 Å². The molecule has 1 heterocycles. The summed E-state index contributed by atoms with van der Waals surface area (Å²) in [5.41, 5.74) is 0.827. The zero-order valence-corrected chi connectivity index (χ0v) is 11.7. The van der Waals surface area contributed by atoms with Crippen LogP contribution < -0.4 is 4.74 Å². The van der Waals surface area contributed by atoms with Crippen LogP contribution in [0, 0.1) is 0 Å². The van der Waals surface area contributed by atoms with Gasteiger partial charge in [0, 0.05) is 5.56 Å². The second-order valence-electron chi connectivity index (χ2n) is 3.94. The lowest BCUT2D eigenvalue weighted by atomic mass is 10.1. The minimum Gasteiger partial charge on any atom is -0.488 e. The van der Waals surface area contributed by atoms with Gasteiger partial charge >= 0.3 is 0 Å². The van der Waals surface area contributed by atoms with Gasteiger partial charge in [-0.3, -0.25) is 0 Å². The van der Waals surface area contributed by atoms with E-state index in [1.54, 1.807) is 11.3 Å². The highest BCUT2D eigenvalue weighted by atomic mass is 35.5. The second-order valence-corrected chi connectivity index (χ2v) is 5.35. The molecule has 0 saturated carbocycles. The molecular formula is C14H15ClO2S. The first-order chi connectivity index (χ1) is 8.72. The van der Waals surface area contributed by atoms with Crippen LogP contribution in [0.25, 0.3) is 0 Å². The van der Waals surface area contributed by atoms with Crippen molar-refractivity contribution in [1.82, 2.24) is 0 Å². The van der Waals surface area contributed by atoms with E-state index in [0.29, 0.717) is 13.0 Å². The van der Waals surface area contributed by atoms with Crippen LogP contribution in [0.1, 0.15) is 29.9 Å². The van der Waals surface area contributed by atoms with Gasteiger partial charge in [-0.2, -0.15) is 0 Å². The fourth-order valence-corrected chi connectivity index (χ4v) is 2.68. The van der Waals surface area contributed by atoms with Gasteiger partial charge in [0.1, 0.15) is 12.4 Å². The van der Waals surface area contributed by atoms with Crippen molar-refractivity contribution < 1.29 is 9.84 Å². The van der Waals surface area contributed by atoms with Gasteiger partial charge in [-0.25, -0.2) is 0 Å². The summed E-state index contributed by atoms with van der Waals surface area (Å²) in [6, 6.07) is 9.42. The number of thiophene rings is 1. The Balaban J connectivity index is 2.12. The van der Waals surface area contributed by atoms with Crippen LogP contribution in [0.3, 0.4) is 0 Å². The van der Waals surface area contributed by atoms with E-state index in [0.717, 1.165) is 21.2 Å². The molecule has 0 saturated heterocycles. The first-order valence-electron chi connectivity index (χ1n) is 5.84. The lowest BCUT2D eigenvalue weighted by Crippen LogP contribution is -2.01. The number of para-hydroxylation sites is 1. The highest BCUT2D eigenvalue weighted by Crippen LogP contribution is 2.29. The molecule has 2 rings (SSSR count). The van der Waals surface area contributed by atoms with E-state index in [1.165, 1.54) is 0 Å². The van der Waals surface area contributed by atoms with E-state index in [1.807, 2.05) is 42.6 Å². The van der Waals surface area contributed by atoms with E-state index >= 15 is 0 Å². The van der Waals surface area contributed by atoms with E-state index in [9.17, 15) is 5.11 Å². The molecular weight excluding hydrogens is 268 g/mol. The van der Waals surface area contributed by atoms with Crippen LogP contribution in [0.5, 0.6) is 5.75 Å². The molecule has 1 N–H and O–H groups in total. The van der Waals surface area contributed by atoms with Crippen molar-refractivity contribution in [3.05, 3.63) is 51.2 Å². The largest absolute Gasteiger partial charge is 0.488 e. The molecule has 4 heteroatoms. The number of hydrogen-bond acceptors (Lipinski definition) is 3. The molecule has 0 bridgehead atoms. The molecule has 1 atom stereocenters. The molecule has 1 aromatic carbocycles. The van der Waals surface area contributed by atoms with Gasteiger partial charge in [-0.05, 0) is 23.9 Å². The van der Waals surface area contributed by atoms with Crippen LogP contribution >= 0.6 is 22.9 Å². The lowest BCUT2D eigenvalue weighted by molar-refractivity contribution is 0.166. The Labute approximate surface area is 116 Å². The highest BCUT2D eigenvalue weighted by molar-refractivity contribution is 7.10. The van der Waals surface area contributed by atoms with Crippen LogP contribution in [0.4, 0.5) is 0 Å². The third-order valence-corrected chi connectivity index (χ3v) is 4.08. The minimum atomic E-state index is -0.486.